The number of rotatable bonds is 5. The Balaban J connectivity index is 1.96. The van der Waals surface area contributed by atoms with Gasteiger partial charge >= 0.3 is 12.0 Å². The van der Waals surface area contributed by atoms with Gasteiger partial charge in [0.25, 0.3) is 0 Å². The molecule has 0 bridgehead atoms. The van der Waals surface area contributed by atoms with Gasteiger partial charge in [-0.3, -0.25) is 5.32 Å². The maximum Gasteiger partial charge on any atom is 0.347 e. The highest BCUT2D eigenvalue weighted by atomic mass is 32.1. The standard InChI is InChI=1S/C14H21N3O3S/c1-2-6-10-11(12(18)19)21-14(16-10)17-13(20)15-9-7-4-3-5-8-9/h9H,2-8H2,1H3,(H,18,19)(H2,15,16,17,20). The van der Waals surface area contributed by atoms with Crippen LogP contribution in [0.15, 0.2) is 0 Å². The summed E-state index contributed by atoms with van der Waals surface area (Å²) >= 11 is 1.02. The van der Waals surface area contributed by atoms with E-state index >= 15 is 0 Å². The fourth-order valence-corrected chi connectivity index (χ4v) is 3.39. The van der Waals surface area contributed by atoms with Crippen LogP contribution in [0.5, 0.6) is 0 Å². The van der Waals surface area contributed by atoms with Crippen molar-refractivity contribution in [2.24, 2.45) is 0 Å². The van der Waals surface area contributed by atoms with E-state index in [1.807, 2.05) is 6.92 Å². The predicted molar refractivity (Wildman–Crippen MR) is 82.1 cm³/mol. The number of aromatic nitrogens is 1. The first-order valence-corrected chi connectivity index (χ1v) is 8.22. The molecule has 1 aromatic heterocycles. The minimum Gasteiger partial charge on any atom is -0.477 e. The molecule has 0 atom stereocenters. The molecule has 3 N–H and O–H groups in total. The highest BCUT2D eigenvalue weighted by Gasteiger charge is 2.19. The van der Waals surface area contributed by atoms with Crippen LogP contribution in [-0.4, -0.2) is 28.1 Å². The summed E-state index contributed by atoms with van der Waals surface area (Å²) in [4.78, 5) is 27.5. The Hall–Kier alpha value is -1.63. The Morgan fingerprint density at radius 2 is 2.05 bits per heavy atom. The molecule has 1 aliphatic carbocycles. The van der Waals surface area contributed by atoms with Crippen molar-refractivity contribution in [3.05, 3.63) is 10.6 Å². The second-order valence-corrected chi connectivity index (χ2v) is 6.28. The fraction of sp³-hybridized carbons (Fsp3) is 0.643. The molecule has 2 rings (SSSR count). The minimum absolute atomic E-state index is 0.213. The second kappa shape index (κ2) is 7.40. The van der Waals surface area contributed by atoms with Crippen LogP contribution >= 0.6 is 11.3 Å². The minimum atomic E-state index is -0.989. The molecule has 0 spiro atoms. The lowest BCUT2D eigenvalue weighted by molar-refractivity contribution is 0.0700. The zero-order valence-electron chi connectivity index (χ0n) is 12.1. The van der Waals surface area contributed by atoms with Gasteiger partial charge in [-0.05, 0) is 19.3 Å². The predicted octanol–water partition coefficient (Wildman–Crippen LogP) is 3.25. The van der Waals surface area contributed by atoms with Crippen LogP contribution in [0.1, 0.15) is 60.8 Å². The van der Waals surface area contributed by atoms with Gasteiger partial charge in [-0.1, -0.05) is 43.9 Å². The number of anilines is 1. The third-order valence-electron chi connectivity index (χ3n) is 3.54. The van der Waals surface area contributed by atoms with Crippen molar-refractivity contribution in [3.8, 4) is 0 Å². The number of urea groups is 1. The SMILES string of the molecule is CCCc1nc(NC(=O)NC2CCCCC2)sc1C(=O)O. The summed E-state index contributed by atoms with van der Waals surface area (Å²) in [5, 5.41) is 15.1. The van der Waals surface area contributed by atoms with E-state index < -0.39 is 5.97 Å². The number of nitrogens with zero attached hydrogens (tertiary/aromatic N) is 1. The van der Waals surface area contributed by atoms with E-state index in [2.05, 4.69) is 15.6 Å². The fourth-order valence-electron chi connectivity index (χ4n) is 2.54. The molecule has 0 saturated heterocycles. The van der Waals surface area contributed by atoms with E-state index in [1.54, 1.807) is 0 Å². The average molecular weight is 311 g/mol. The van der Waals surface area contributed by atoms with Crippen LogP contribution < -0.4 is 10.6 Å². The van der Waals surface area contributed by atoms with Crippen molar-refractivity contribution in [2.75, 3.05) is 5.32 Å². The van der Waals surface area contributed by atoms with Gasteiger partial charge in [0.05, 0.1) is 5.69 Å². The van der Waals surface area contributed by atoms with Crippen LogP contribution in [0.3, 0.4) is 0 Å². The lowest BCUT2D eigenvalue weighted by Crippen LogP contribution is -2.38. The van der Waals surface area contributed by atoms with E-state index in [1.165, 1.54) is 6.42 Å². The van der Waals surface area contributed by atoms with Crippen LogP contribution in [0.2, 0.25) is 0 Å². The maximum absolute atomic E-state index is 11.9. The highest BCUT2D eigenvalue weighted by Crippen LogP contribution is 2.24. The summed E-state index contributed by atoms with van der Waals surface area (Å²) < 4.78 is 0. The average Bonchev–Trinajstić information content (AvgIpc) is 2.83. The van der Waals surface area contributed by atoms with Crippen LogP contribution in [0.25, 0.3) is 0 Å². The molecule has 21 heavy (non-hydrogen) atoms. The van der Waals surface area contributed by atoms with Crippen LogP contribution in [-0.2, 0) is 6.42 Å². The van der Waals surface area contributed by atoms with Crippen molar-refractivity contribution < 1.29 is 14.7 Å². The Morgan fingerprint density at radius 1 is 1.33 bits per heavy atom. The van der Waals surface area contributed by atoms with E-state index in [4.69, 9.17) is 5.11 Å². The van der Waals surface area contributed by atoms with Crippen LogP contribution in [0, 0.1) is 0 Å². The zero-order chi connectivity index (χ0) is 15.2. The summed E-state index contributed by atoms with van der Waals surface area (Å²) in [5.41, 5.74) is 0.544. The Kier molecular flexibility index (Phi) is 5.55. The number of aromatic carboxylic acids is 1. The zero-order valence-corrected chi connectivity index (χ0v) is 13.0. The first-order chi connectivity index (χ1) is 10.1. The number of thiazole rings is 1. The summed E-state index contributed by atoms with van der Waals surface area (Å²) in [6.45, 7) is 1.97. The molecular formula is C14H21N3O3S. The quantitative estimate of drug-likeness (QED) is 0.778. The van der Waals surface area contributed by atoms with E-state index in [-0.39, 0.29) is 17.0 Å². The van der Waals surface area contributed by atoms with Crippen molar-refractivity contribution in [3.63, 3.8) is 0 Å². The molecule has 1 fully saturated rings. The summed E-state index contributed by atoms with van der Waals surface area (Å²) in [5.74, 6) is -0.989. The highest BCUT2D eigenvalue weighted by molar-refractivity contribution is 7.17. The Morgan fingerprint density at radius 3 is 2.67 bits per heavy atom. The second-order valence-electron chi connectivity index (χ2n) is 5.28. The largest absolute Gasteiger partial charge is 0.477 e. The Bertz CT molecular complexity index is 510. The molecule has 0 aromatic carbocycles. The van der Waals surface area contributed by atoms with Gasteiger partial charge in [0, 0.05) is 6.04 Å². The molecular weight excluding hydrogens is 290 g/mol. The lowest BCUT2D eigenvalue weighted by Gasteiger charge is -2.22. The third kappa shape index (κ3) is 4.42. The maximum atomic E-state index is 11.9. The summed E-state index contributed by atoms with van der Waals surface area (Å²) in [7, 11) is 0. The molecule has 0 aliphatic heterocycles. The van der Waals surface area contributed by atoms with Crippen molar-refractivity contribution >= 4 is 28.5 Å². The first-order valence-electron chi connectivity index (χ1n) is 7.40. The number of carboxylic acid groups (broad SMARTS) is 1. The third-order valence-corrected chi connectivity index (χ3v) is 4.54. The number of nitrogens with one attached hydrogen (secondary N) is 2. The number of carboxylic acids is 1. The van der Waals surface area contributed by atoms with Crippen molar-refractivity contribution in [1.82, 2.24) is 10.3 Å². The number of amides is 2. The molecule has 0 radical (unpaired) electrons. The molecule has 1 saturated carbocycles. The van der Waals surface area contributed by atoms with Gasteiger partial charge in [0.2, 0.25) is 0 Å². The van der Waals surface area contributed by atoms with Gasteiger partial charge in [-0.15, -0.1) is 0 Å². The number of hydrogen-bond acceptors (Lipinski definition) is 4. The van der Waals surface area contributed by atoms with Gasteiger partial charge in [0.1, 0.15) is 4.88 Å². The Labute approximate surface area is 128 Å². The van der Waals surface area contributed by atoms with Crippen molar-refractivity contribution in [1.29, 1.82) is 0 Å². The molecule has 1 heterocycles. The van der Waals surface area contributed by atoms with Gasteiger partial charge in [-0.2, -0.15) is 0 Å². The number of carbonyl (C=O) groups is 2. The number of hydrogen-bond donors (Lipinski definition) is 3. The first kappa shape index (κ1) is 15.8. The van der Waals surface area contributed by atoms with Gasteiger partial charge in [-0.25, -0.2) is 14.6 Å². The molecule has 116 valence electrons. The van der Waals surface area contributed by atoms with Crippen LogP contribution in [0.4, 0.5) is 9.93 Å². The topological polar surface area (TPSA) is 91.3 Å². The molecule has 6 nitrogen and oxygen atoms in total. The van der Waals surface area contributed by atoms with Crippen molar-refractivity contribution in [2.45, 2.75) is 57.9 Å². The monoisotopic (exact) mass is 311 g/mol. The molecule has 2 amide bonds. The molecule has 0 unspecified atom stereocenters. The normalized spacial score (nSPS) is 15.7. The van der Waals surface area contributed by atoms with Gasteiger partial charge in [0.15, 0.2) is 5.13 Å². The smallest absolute Gasteiger partial charge is 0.347 e. The number of aryl methyl sites for hydroxylation is 1. The van der Waals surface area contributed by atoms with Gasteiger partial charge < -0.3 is 10.4 Å². The summed E-state index contributed by atoms with van der Waals surface area (Å²) in [6.07, 6.45) is 6.95. The molecule has 1 aliphatic rings. The van der Waals surface area contributed by atoms with E-state index in [9.17, 15) is 9.59 Å². The van der Waals surface area contributed by atoms with E-state index in [0.29, 0.717) is 17.2 Å². The number of carbonyl (C=O) groups excluding carboxylic acids is 1. The van der Waals surface area contributed by atoms with E-state index in [0.717, 1.165) is 43.4 Å². The molecule has 1 aromatic rings. The molecule has 7 heteroatoms. The summed E-state index contributed by atoms with van der Waals surface area (Å²) in [6, 6.07) is -0.0802. The lowest BCUT2D eigenvalue weighted by atomic mass is 9.96.